The molecule has 3 heterocycles. The van der Waals surface area contributed by atoms with Crippen molar-refractivity contribution in [1.82, 2.24) is 19.9 Å². The molecule has 23 heavy (non-hydrogen) atoms. The van der Waals surface area contributed by atoms with Crippen LogP contribution in [0.4, 0.5) is 10.6 Å². The van der Waals surface area contributed by atoms with Crippen LogP contribution in [0, 0.1) is 0 Å². The summed E-state index contributed by atoms with van der Waals surface area (Å²) >= 11 is 0. The zero-order valence-electron chi connectivity index (χ0n) is 13.5. The van der Waals surface area contributed by atoms with E-state index in [0.29, 0.717) is 37.2 Å². The second kappa shape index (κ2) is 5.60. The maximum absolute atomic E-state index is 12.1. The van der Waals surface area contributed by atoms with Gasteiger partial charge in [-0.05, 0) is 20.8 Å². The number of H-pyrrole nitrogens is 2. The molecule has 0 aromatic carbocycles. The normalized spacial score (nSPS) is 16.0. The van der Waals surface area contributed by atoms with Crippen LogP contribution in [-0.4, -0.2) is 57.7 Å². The number of fused-ring (bicyclic) bond motifs is 1. The van der Waals surface area contributed by atoms with E-state index in [9.17, 15) is 9.59 Å². The Morgan fingerprint density at radius 1 is 1.26 bits per heavy atom. The Morgan fingerprint density at radius 2 is 1.96 bits per heavy atom. The van der Waals surface area contributed by atoms with E-state index in [1.54, 1.807) is 4.90 Å². The lowest BCUT2D eigenvalue weighted by atomic mass is 10.2. The number of rotatable bonds is 1. The Bertz CT molecular complexity index is 765. The van der Waals surface area contributed by atoms with Crippen LogP contribution in [0.2, 0.25) is 0 Å². The van der Waals surface area contributed by atoms with Crippen LogP contribution in [0.15, 0.2) is 17.2 Å². The molecule has 0 bridgehead atoms. The van der Waals surface area contributed by atoms with Gasteiger partial charge in [-0.2, -0.15) is 0 Å². The number of hydrogen-bond acceptors (Lipinski definition) is 5. The highest BCUT2D eigenvalue weighted by molar-refractivity contribution is 5.79. The van der Waals surface area contributed by atoms with E-state index in [1.807, 2.05) is 26.8 Å². The maximum atomic E-state index is 12.1. The molecule has 2 aromatic heterocycles. The van der Waals surface area contributed by atoms with Crippen LogP contribution in [0.1, 0.15) is 20.8 Å². The van der Waals surface area contributed by atoms with Crippen molar-refractivity contribution in [2.45, 2.75) is 26.4 Å². The van der Waals surface area contributed by atoms with Crippen LogP contribution in [0.25, 0.3) is 11.0 Å². The highest BCUT2D eigenvalue weighted by atomic mass is 16.6. The highest BCUT2D eigenvalue weighted by Crippen LogP contribution is 2.20. The summed E-state index contributed by atoms with van der Waals surface area (Å²) < 4.78 is 5.39. The number of amides is 1. The Kier molecular flexibility index (Phi) is 3.75. The molecule has 1 aliphatic rings. The fourth-order valence-corrected chi connectivity index (χ4v) is 2.56. The second-order valence-corrected chi connectivity index (χ2v) is 6.60. The lowest BCUT2D eigenvalue weighted by Gasteiger charge is -2.36. The molecule has 3 rings (SSSR count). The summed E-state index contributed by atoms with van der Waals surface area (Å²) in [5, 5.41) is 0. The predicted octanol–water partition coefficient (Wildman–Crippen LogP) is 1.31. The monoisotopic (exact) mass is 319 g/mol. The van der Waals surface area contributed by atoms with Gasteiger partial charge >= 0.3 is 6.09 Å². The van der Waals surface area contributed by atoms with Crippen molar-refractivity contribution in [2.24, 2.45) is 0 Å². The standard InChI is InChI=1S/C15H21N5O3/c1-15(2,3)23-14(22)20-6-4-19(5-7-20)11-8-10-12(18-11)13(21)17-9-16-10/h8-9,18H,4-7H2,1-3H3,(H,16,17,21). The number of nitrogens with one attached hydrogen (secondary N) is 2. The number of hydrogen-bond donors (Lipinski definition) is 2. The molecule has 8 heteroatoms. The van der Waals surface area contributed by atoms with Crippen molar-refractivity contribution in [2.75, 3.05) is 31.1 Å². The molecule has 0 aliphatic carbocycles. The lowest BCUT2D eigenvalue weighted by Crippen LogP contribution is -2.50. The molecule has 0 radical (unpaired) electrons. The van der Waals surface area contributed by atoms with Crippen LogP contribution in [0.3, 0.4) is 0 Å². The molecule has 1 saturated heterocycles. The number of nitrogens with zero attached hydrogens (tertiary/aromatic N) is 3. The molecule has 2 N–H and O–H groups in total. The highest BCUT2D eigenvalue weighted by Gasteiger charge is 2.26. The lowest BCUT2D eigenvalue weighted by molar-refractivity contribution is 0.0240. The van der Waals surface area contributed by atoms with E-state index in [-0.39, 0.29) is 11.7 Å². The number of carbonyl (C=O) groups excluding carboxylic acids is 1. The maximum Gasteiger partial charge on any atom is 0.410 e. The van der Waals surface area contributed by atoms with Gasteiger partial charge in [-0.25, -0.2) is 9.78 Å². The van der Waals surface area contributed by atoms with Crippen LogP contribution < -0.4 is 10.5 Å². The predicted molar refractivity (Wildman–Crippen MR) is 86.7 cm³/mol. The number of ether oxygens (including phenoxy) is 1. The Balaban J connectivity index is 1.67. The van der Waals surface area contributed by atoms with Crippen molar-refractivity contribution in [3.63, 3.8) is 0 Å². The molecule has 1 amide bonds. The summed E-state index contributed by atoms with van der Waals surface area (Å²) in [7, 11) is 0. The SMILES string of the molecule is CC(C)(C)OC(=O)N1CCN(c2cc3nc[nH]c(=O)c3[nH]2)CC1. The first-order valence-corrected chi connectivity index (χ1v) is 7.63. The third-order valence-corrected chi connectivity index (χ3v) is 3.68. The van der Waals surface area contributed by atoms with Crippen molar-refractivity contribution in [3.8, 4) is 0 Å². The first-order valence-electron chi connectivity index (χ1n) is 7.63. The number of anilines is 1. The minimum absolute atomic E-state index is 0.186. The van der Waals surface area contributed by atoms with E-state index in [0.717, 1.165) is 5.82 Å². The summed E-state index contributed by atoms with van der Waals surface area (Å²) in [5.41, 5.74) is 0.432. The third-order valence-electron chi connectivity index (χ3n) is 3.68. The van der Waals surface area contributed by atoms with Crippen LogP contribution >= 0.6 is 0 Å². The molecule has 0 atom stereocenters. The molecule has 2 aromatic rings. The summed E-state index contributed by atoms with van der Waals surface area (Å²) in [6, 6.07) is 1.85. The van der Waals surface area contributed by atoms with E-state index in [2.05, 4.69) is 19.9 Å². The van der Waals surface area contributed by atoms with Gasteiger partial charge in [0.05, 0.1) is 11.8 Å². The fourth-order valence-electron chi connectivity index (χ4n) is 2.56. The molecule has 8 nitrogen and oxygen atoms in total. The second-order valence-electron chi connectivity index (χ2n) is 6.60. The zero-order chi connectivity index (χ0) is 16.6. The average Bonchev–Trinajstić information content (AvgIpc) is 2.91. The Labute approximate surface area is 133 Å². The van der Waals surface area contributed by atoms with Crippen molar-refractivity contribution in [1.29, 1.82) is 0 Å². The summed E-state index contributed by atoms with van der Waals surface area (Å²) in [6.45, 7) is 8.07. The average molecular weight is 319 g/mol. The van der Waals surface area contributed by atoms with E-state index < -0.39 is 5.60 Å². The molecular weight excluding hydrogens is 298 g/mol. The van der Waals surface area contributed by atoms with Gasteiger partial charge in [0, 0.05) is 32.2 Å². The van der Waals surface area contributed by atoms with Gasteiger partial charge in [0.25, 0.3) is 5.56 Å². The molecule has 1 fully saturated rings. The van der Waals surface area contributed by atoms with Crippen molar-refractivity contribution >= 4 is 22.9 Å². The van der Waals surface area contributed by atoms with Crippen molar-refractivity contribution in [3.05, 3.63) is 22.7 Å². The molecule has 1 aliphatic heterocycles. The van der Waals surface area contributed by atoms with Gasteiger partial charge < -0.3 is 24.5 Å². The van der Waals surface area contributed by atoms with Crippen LogP contribution in [-0.2, 0) is 4.74 Å². The fraction of sp³-hybridized carbons (Fsp3) is 0.533. The Hall–Kier alpha value is -2.51. The van der Waals surface area contributed by atoms with Crippen LogP contribution in [0.5, 0.6) is 0 Å². The van der Waals surface area contributed by atoms with Gasteiger partial charge in [-0.3, -0.25) is 4.79 Å². The van der Waals surface area contributed by atoms with Gasteiger partial charge in [0.2, 0.25) is 0 Å². The number of carbonyl (C=O) groups is 1. The first kappa shape index (κ1) is 15.4. The molecule has 124 valence electrons. The van der Waals surface area contributed by atoms with E-state index >= 15 is 0 Å². The summed E-state index contributed by atoms with van der Waals surface area (Å²) in [5.74, 6) is 0.841. The van der Waals surface area contributed by atoms with Gasteiger partial charge in [0.1, 0.15) is 16.9 Å². The molecular formula is C15H21N5O3. The number of aromatic amines is 2. The molecule has 0 spiro atoms. The Morgan fingerprint density at radius 3 is 2.57 bits per heavy atom. The summed E-state index contributed by atoms with van der Waals surface area (Å²) in [6.07, 6.45) is 1.11. The minimum Gasteiger partial charge on any atom is -0.444 e. The molecule has 0 saturated carbocycles. The van der Waals surface area contributed by atoms with Gasteiger partial charge in [-0.1, -0.05) is 0 Å². The smallest absolute Gasteiger partial charge is 0.410 e. The topological polar surface area (TPSA) is 94.3 Å². The quantitative estimate of drug-likeness (QED) is 0.826. The van der Waals surface area contributed by atoms with Gasteiger partial charge in [0.15, 0.2) is 0 Å². The minimum atomic E-state index is -0.488. The van der Waals surface area contributed by atoms with E-state index in [4.69, 9.17) is 4.74 Å². The zero-order valence-corrected chi connectivity index (χ0v) is 13.5. The molecule has 0 unspecified atom stereocenters. The number of piperazine rings is 1. The third kappa shape index (κ3) is 3.30. The first-order chi connectivity index (χ1) is 10.8. The van der Waals surface area contributed by atoms with Gasteiger partial charge in [-0.15, -0.1) is 0 Å². The van der Waals surface area contributed by atoms with Crippen molar-refractivity contribution < 1.29 is 9.53 Å². The largest absolute Gasteiger partial charge is 0.444 e. The van der Waals surface area contributed by atoms with E-state index in [1.165, 1.54) is 6.33 Å². The number of aromatic nitrogens is 3. The summed E-state index contributed by atoms with van der Waals surface area (Å²) in [4.78, 5) is 37.4.